The second-order valence-electron chi connectivity index (χ2n) is 4.56. The molecule has 0 bridgehead atoms. The molecule has 2 atom stereocenters. The van der Waals surface area contributed by atoms with Gasteiger partial charge < -0.3 is 25.2 Å². The average Bonchev–Trinajstić information content (AvgIpc) is 2.43. The van der Waals surface area contributed by atoms with Crippen molar-refractivity contribution in [2.24, 2.45) is 5.73 Å². The normalized spacial score (nSPS) is 21.1. The SMILES string of the molecule is CCN(CC)CCOC(O)C1=C(OC)CC(N)C=C1. The Morgan fingerprint density at radius 2 is 2.16 bits per heavy atom. The van der Waals surface area contributed by atoms with Crippen LogP contribution in [0, 0.1) is 0 Å². The van der Waals surface area contributed by atoms with Crippen molar-refractivity contribution in [2.75, 3.05) is 33.4 Å². The van der Waals surface area contributed by atoms with Crippen molar-refractivity contribution >= 4 is 0 Å². The topological polar surface area (TPSA) is 68.0 Å². The summed E-state index contributed by atoms with van der Waals surface area (Å²) in [5.41, 5.74) is 6.48. The number of nitrogens with zero attached hydrogens (tertiary/aromatic N) is 1. The van der Waals surface area contributed by atoms with E-state index in [0.29, 0.717) is 24.4 Å². The maximum absolute atomic E-state index is 10.0. The Kier molecular flexibility index (Phi) is 7.09. The molecule has 0 aromatic heterocycles. The van der Waals surface area contributed by atoms with E-state index in [1.807, 2.05) is 6.08 Å². The number of ether oxygens (including phenoxy) is 2. The fourth-order valence-electron chi connectivity index (χ4n) is 2.06. The summed E-state index contributed by atoms with van der Waals surface area (Å²) >= 11 is 0. The Morgan fingerprint density at radius 1 is 1.47 bits per heavy atom. The van der Waals surface area contributed by atoms with Gasteiger partial charge in [-0.15, -0.1) is 0 Å². The zero-order valence-corrected chi connectivity index (χ0v) is 12.1. The fraction of sp³-hybridized carbons (Fsp3) is 0.714. The number of hydrogen-bond acceptors (Lipinski definition) is 5. The van der Waals surface area contributed by atoms with Gasteiger partial charge in [-0.3, -0.25) is 0 Å². The first-order valence-corrected chi connectivity index (χ1v) is 6.85. The van der Waals surface area contributed by atoms with E-state index in [9.17, 15) is 5.11 Å². The summed E-state index contributed by atoms with van der Waals surface area (Å²) in [5.74, 6) is 0.699. The van der Waals surface area contributed by atoms with Gasteiger partial charge in [0.05, 0.1) is 13.7 Å². The van der Waals surface area contributed by atoms with Gasteiger partial charge in [-0.05, 0) is 13.1 Å². The predicted molar refractivity (Wildman–Crippen MR) is 75.5 cm³/mol. The zero-order chi connectivity index (χ0) is 14.3. The lowest BCUT2D eigenvalue weighted by molar-refractivity contribution is -0.0770. The minimum Gasteiger partial charge on any atom is -0.501 e. The van der Waals surface area contributed by atoms with Crippen LogP contribution < -0.4 is 5.73 Å². The average molecular weight is 270 g/mol. The van der Waals surface area contributed by atoms with Crippen molar-refractivity contribution in [3.63, 3.8) is 0 Å². The molecule has 110 valence electrons. The van der Waals surface area contributed by atoms with E-state index in [4.69, 9.17) is 15.2 Å². The van der Waals surface area contributed by atoms with Gasteiger partial charge in [0.2, 0.25) is 0 Å². The maximum Gasteiger partial charge on any atom is 0.184 e. The van der Waals surface area contributed by atoms with Crippen LogP contribution >= 0.6 is 0 Å². The van der Waals surface area contributed by atoms with E-state index in [0.717, 1.165) is 19.6 Å². The van der Waals surface area contributed by atoms with Crippen LogP contribution in [0.3, 0.4) is 0 Å². The molecule has 0 aromatic rings. The molecule has 5 heteroatoms. The number of aliphatic hydroxyl groups excluding tert-OH is 1. The molecule has 3 N–H and O–H groups in total. The molecule has 1 rings (SSSR count). The van der Waals surface area contributed by atoms with E-state index in [2.05, 4.69) is 18.7 Å². The molecule has 1 aliphatic carbocycles. The third kappa shape index (κ3) is 4.95. The summed E-state index contributed by atoms with van der Waals surface area (Å²) < 4.78 is 10.7. The number of hydrogen-bond donors (Lipinski definition) is 2. The lowest BCUT2D eigenvalue weighted by atomic mass is 10.0. The van der Waals surface area contributed by atoms with Crippen molar-refractivity contribution < 1.29 is 14.6 Å². The van der Waals surface area contributed by atoms with E-state index in [1.54, 1.807) is 13.2 Å². The van der Waals surface area contributed by atoms with Crippen LogP contribution in [0.1, 0.15) is 20.3 Å². The van der Waals surface area contributed by atoms with Gasteiger partial charge in [0.15, 0.2) is 6.29 Å². The van der Waals surface area contributed by atoms with Crippen LogP contribution in [0.15, 0.2) is 23.5 Å². The van der Waals surface area contributed by atoms with E-state index in [1.165, 1.54) is 0 Å². The number of rotatable bonds is 8. The summed E-state index contributed by atoms with van der Waals surface area (Å²) in [6.45, 7) is 7.48. The van der Waals surface area contributed by atoms with E-state index >= 15 is 0 Å². The summed E-state index contributed by atoms with van der Waals surface area (Å²) in [4.78, 5) is 2.24. The highest BCUT2D eigenvalue weighted by Crippen LogP contribution is 2.22. The van der Waals surface area contributed by atoms with Crippen molar-refractivity contribution in [2.45, 2.75) is 32.6 Å². The second-order valence-corrected chi connectivity index (χ2v) is 4.56. The molecule has 19 heavy (non-hydrogen) atoms. The summed E-state index contributed by atoms with van der Waals surface area (Å²) in [6, 6.07) is -0.0541. The van der Waals surface area contributed by atoms with Crippen LogP contribution in [0.2, 0.25) is 0 Å². The molecule has 0 aromatic carbocycles. The minimum atomic E-state index is -0.950. The lowest BCUT2D eigenvalue weighted by Crippen LogP contribution is -2.30. The van der Waals surface area contributed by atoms with Crippen LogP contribution in [0.4, 0.5) is 0 Å². The van der Waals surface area contributed by atoms with Crippen molar-refractivity contribution in [3.8, 4) is 0 Å². The monoisotopic (exact) mass is 270 g/mol. The number of methoxy groups -OCH3 is 1. The Labute approximate surface area is 115 Å². The zero-order valence-electron chi connectivity index (χ0n) is 12.1. The van der Waals surface area contributed by atoms with E-state index < -0.39 is 6.29 Å². The van der Waals surface area contributed by atoms with Gasteiger partial charge in [-0.25, -0.2) is 0 Å². The Bertz CT molecular complexity index is 325. The van der Waals surface area contributed by atoms with Gasteiger partial charge in [0.25, 0.3) is 0 Å². The van der Waals surface area contributed by atoms with Gasteiger partial charge in [0, 0.05) is 24.6 Å². The number of nitrogens with two attached hydrogens (primary N) is 1. The molecular weight excluding hydrogens is 244 g/mol. The molecule has 0 fully saturated rings. The highest BCUT2D eigenvalue weighted by Gasteiger charge is 2.20. The quantitative estimate of drug-likeness (QED) is 0.640. The summed E-state index contributed by atoms with van der Waals surface area (Å²) in [6.07, 6.45) is 3.29. The third-order valence-corrected chi connectivity index (χ3v) is 3.36. The maximum atomic E-state index is 10.0. The molecule has 0 radical (unpaired) electrons. The molecule has 0 heterocycles. The number of aliphatic hydroxyl groups is 1. The molecule has 0 aliphatic heterocycles. The first-order valence-electron chi connectivity index (χ1n) is 6.85. The summed E-state index contributed by atoms with van der Waals surface area (Å²) in [5, 5.41) is 10.0. The Hall–Kier alpha value is -0.880. The van der Waals surface area contributed by atoms with Gasteiger partial charge >= 0.3 is 0 Å². The first kappa shape index (κ1) is 16.2. The standard InChI is InChI=1S/C14H26N2O3/c1-4-16(5-2)8-9-19-14(17)12-7-6-11(15)10-13(12)18-3/h6-7,11,14,17H,4-5,8-10,15H2,1-3H3. The van der Waals surface area contributed by atoms with Crippen LogP contribution in [-0.2, 0) is 9.47 Å². The molecule has 2 unspecified atom stereocenters. The minimum absolute atomic E-state index is 0.0541. The largest absolute Gasteiger partial charge is 0.501 e. The van der Waals surface area contributed by atoms with Crippen molar-refractivity contribution in [3.05, 3.63) is 23.5 Å². The van der Waals surface area contributed by atoms with Crippen molar-refractivity contribution in [1.82, 2.24) is 4.90 Å². The number of likely N-dealkylation sites (N-methyl/N-ethyl adjacent to an activating group) is 1. The lowest BCUT2D eigenvalue weighted by Gasteiger charge is -2.23. The first-order chi connectivity index (χ1) is 9.12. The molecular formula is C14H26N2O3. The highest BCUT2D eigenvalue weighted by atomic mass is 16.6. The van der Waals surface area contributed by atoms with Crippen LogP contribution in [-0.4, -0.2) is 55.7 Å². The third-order valence-electron chi connectivity index (χ3n) is 3.36. The summed E-state index contributed by atoms with van der Waals surface area (Å²) in [7, 11) is 1.59. The Balaban J connectivity index is 2.48. The molecule has 0 spiro atoms. The molecule has 1 aliphatic rings. The molecule has 5 nitrogen and oxygen atoms in total. The molecule has 0 saturated heterocycles. The second kappa shape index (κ2) is 8.32. The fourth-order valence-corrected chi connectivity index (χ4v) is 2.06. The Morgan fingerprint density at radius 3 is 2.74 bits per heavy atom. The smallest absolute Gasteiger partial charge is 0.184 e. The van der Waals surface area contributed by atoms with Gasteiger partial charge in [0.1, 0.15) is 5.76 Å². The van der Waals surface area contributed by atoms with Gasteiger partial charge in [-0.1, -0.05) is 26.0 Å². The van der Waals surface area contributed by atoms with Gasteiger partial charge in [-0.2, -0.15) is 0 Å². The van der Waals surface area contributed by atoms with E-state index in [-0.39, 0.29) is 6.04 Å². The highest BCUT2D eigenvalue weighted by molar-refractivity contribution is 5.30. The van der Waals surface area contributed by atoms with Crippen LogP contribution in [0.25, 0.3) is 0 Å². The molecule has 0 amide bonds. The predicted octanol–water partition coefficient (Wildman–Crippen LogP) is 0.851. The van der Waals surface area contributed by atoms with Crippen LogP contribution in [0.5, 0.6) is 0 Å². The van der Waals surface area contributed by atoms with Crippen molar-refractivity contribution in [1.29, 1.82) is 0 Å². The molecule has 0 saturated carbocycles.